The summed E-state index contributed by atoms with van der Waals surface area (Å²) in [7, 11) is 0. The van der Waals surface area contributed by atoms with Crippen LogP contribution in [0, 0.1) is 6.92 Å². The summed E-state index contributed by atoms with van der Waals surface area (Å²) in [5.41, 5.74) is 7.28. The molecule has 0 aliphatic rings. The second kappa shape index (κ2) is 6.58. The van der Waals surface area contributed by atoms with Gasteiger partial charge in [-0.2, -0.15) is 0 Å². The molecule has 1 unspecified atom stereocenters. The highest BCUT2D eigenvalue weighted by atomic mass is 16.6. The maximum Gasteiger partial charge on any atom is 0.412 e. The van der Waals surface area contributed by atoms with Crippen LogP contribution in [0.1, 0.15) is 44.4 Å². The van der Waals surface area contributed by atoms with Crippen LogP contribution in [0.15, 0.2) is 18.2 Å². The molecule has 1 aromatic carbocycles. The molecule has 6 heteroatoms. The lowest BCUT2D eigenvalue weighted by molar-refractivity contribution is -0.137. The Bertz CT molecular complexity index is 535. The Kier molecular flexibility index (Phi) is 5.32. The number of rotatable bonds is 4. The van der Waals surface area contributed by atoms with Crippen molar-refractivity contribution in [1.82, 2.24) is 0 Å². The normalized spacial score (nSPS) is 12.6. The molecule has 0 aliphatic heterocycles. The molecular weight excluding hydrogens is 272 g/mol. The van der Waals surface area contributed by atoms with Crippen LogP contribution < -0.4 is 11.1 Å². The van der Waals surface area contributed by atoms with Gasteiger partial charge in [0.2, 0.25) is 0 Å². The number of ether oxygens (including phenoxy) is 1. The molecule has 1 amide bonds. The zero-order valence-electron chi connectivity index (χ0n) is 12.8. The van der Waals surface area contributed by atoms with Crippen molar-refractivity contribution >= 4 is 17.7 Å². The average molecular weight is 294 g/mol. The van der Waals surface area contributed by atoms with Gasteiger partial charge in [-0.15, -0.1) is 0 Å². The Morgan fingerprint density at radius 1 is 1.38 bits per heavy atom. The fraction of sp³-hybridized carbons (Fsp3) is 0.467. The molecular formula is C15H22N2O4. The Morgan fingerprint density at radius 3 is 2.52 bits per heavy atom. The number of anilines is 1. The SMILES string of the molecule is Cc1ccc(C(N)CC(=O)O)cc1NC(=O)OC(C)(C)C. The van der Waals surface area contributed by atoms with E-state index in [-0.39, 0.29) is 6.42 Å². The number of carbonyl (C=O) groups excluding carboxylic acids is 1. The van der Waals surface area contributed by atoms with Gasteiger partial charge in [-0.1, -0.05) is 12.1 Å². The second-order valence-corrected chi connectivity index (χ2v) is 5.91. The number of aryl methyl sites for hydroxylation is 1. The summed E-state index contributed by atoms with van der Waals surface area (Å²) < 4.78 is 5.19. The van der Waals surface area contributed by atoms with Crippen molar-refractivity contribution in [3.63, 3.8) is 0 Å². The number of carbonyl (C=O) groups is 2. The van der Waals surface area contributed by atoms with Crippen LogP contribution in [0.25, 0.3) is 0 Å². The van der Waals surface area contributed by atoms with E-state index in [9.17, 15) is 9.59 Å². The van der Waals surface area contributed by atoms with Crippen molar-refractivity contribution in [2.75, 3.05) is 5.32 Å². The molecule has 0 heterocycles. The lowest BCUT2D eigenvalue weighted by Gasteiger charge is -2.20. The van der Waals surface area contributed by atoms with Crippen LogP contribution >= 0.6 is 0 Å². The molecule has 0 aliphatic carbocycles. The minimum Gasteiger partial charge on any atom is -0.481 e. The van der Waals surface area contributed by atoms with Gasteiger partial charge in [0.15, 0.2) is 0 Å². The van der Waals surface area contributed by atoms with Crippen molar-refractivity contribution in [1.29, 1.82) is 0 Å². The fourth-order valence-electron chi connectivity index (χ4n) is 1.72. The fourth-order valence-corrected chi connectivity index (χ4v) is 1.72. The third-order valence-corrected chi connectivity index (χ3v) is 2.72. The molecule has 21 heavy (non-hydrogen) atoms. The number of carboxylic acids is 1. The number of hydrogen-bond donors (Lipinski definition) is 3. The van der Waals surface area contributed by atoms with E-state index < -0.39 is 23.7 Å². The summed E-state index contributed by atoms with van der Waals surface area (Å²) in [4.78, 5) is 22.5. The van der Waals surface area contributed by atoms with Crippen molar-refractivity contribution in [3.8, 4) is 0 Å². The van der Waals surface area contributed by atoms with E-state index in [1.807, 2.05) is 6.92 Å². The van der Waals surface area contributed by atoms with E-state index in [1.54, 1.807) is 39.0 Å². The van der Waals surface area contributed by atoms with Crippen LogP contribution in [-0.4, -0.2) is 22.8 Å². The molecule has 1 aromatic rings. The summed E-state index contributed by atoms with van der Waals surface area (Å²) >= 11 is 0. The monoisotopic (exact) mass is 294 g/mol. The molecule has 0 radical (unpaired) electrons. The van der Waals surface area contributed by atoms with Gasteiger partial charge < -0.3 is 15.6 Å². The molecule has 0 spiro atoms. The summed E-state index contributed by atoms with van der Waals surface area (Å²) in [5.74, 6) is -0.968. The van der Waals surface area contributed by atoms with Gasteiger partial charge in [0.25, 0.3) is 0 Å². The van der Waals surface area contributed by atoms with Crippen molar-refractivity contribution in [2.24, 2.45) is 5.73 Å². The summed E-state index contributed by atoms with van der Waals surface area (Å²) in [6.45, 7) is 7.16. The molecule has 0 bridgehead atoms. The smallest absolute Gasteiger partial charge is 0.412 e. The number of nitrogens with two attached hydrogens (primary N) is 1. The molecule has 6 nitrogen and oxygen atoms in total. The Morgan fingerprint density at radius 2 is 2.00 bits per heavy atom. The predicted molar refractivity (Wildman–Crippen MR) is 80.2 cm³/mol. The maximum absolute atomic E-state index is 11.8. The summed E-state index contributed by atoms with van der Waals surface area (Å²) in [6.07, 6.45) is -0.732. The highest BCUT2D eigenvalue weighted by Gasteiger charge is 2.18. The van der Waals surface area contributed by atoms with Crippen molar-refractivity contribution in [3.05, 3.63) is 29.3 Å². The number of aliphatic carboxylic acids is 1. The van der Waals surface area contributed by atoms with Crippen LogP contribution in [0.2, 0.25) is 0 Å². The van der Waals surface area contributed by atoms with Gasteiger partial charge in [0.05, 0.1) is 6.42 Å². The first kappa shape index (κ1) is 17.0. The van der Waals surface area contributed by atoms with E-state index in [0.29, 0.717) is 11.3 Å². The Labute approximate surface area is 124 Å². The Hall–Kier alpha value is -2.08. The van der Waals surface area contributed by atoms with Crippen molar-refractivity contribution in [2.45, 2.75) is 45.8 Å². The van der Waals surface area contributed by atoms with E-state index in [0.717, 1.165) is 5.56 Å². The number of amides is 1. The van der Waals surface area contributed by atoms with Gasteiger partial charge in [-0.3, -0.25) is 10.1 Å². The van der Waals surface area contributed by atoms with Crippen LogP contribution in [0.5, 0.6) is 0 Å². The molecule has 1 rings (SSSR count). The Balaban J connectivity index is 2.87. The average Bonchev–Trinajstić information content (AvgIpc) is 2.28. The molecule has 0 aromatic heterocycles. The molecule has 0 saturated carbocycles. The maximum atomic E-state index is 11.8. The number of carboxylic acid groups (broad SMARTS) is 1. The third kappa shape index (κ3) is 5.83. The van der Waals surface area contributed by atoms with E-state index >= 15 is 0 Å². The number of nitrogens with one attached hydrogen (secondary N) is 1. The van der Waals surface area contributed by atoms with Gasteiger partial charge in [0.1, 0.15) is 5.60 Å². The standard InChI is InChI=1S/C15H22N2O4/c1-9-5-6-10(11(16)8-13(18)19)7-12(9)17-14(20)21-15(2,3)4/h5-7,11H,8,16H2,1-4H3,(H,17,20)(H,18,19). The lowest BCUT2D eigenvalue weighted by atomic mass is 10.0. The zero-order valence-corrected chi connectivity index (χ0v) is 12.8. The first-order valence-corrected chi connectivity index (χ1v) is 6.66. The third-order valence-electron chi connectivity index (χ3n) is 2.72. The van der Waals surface area contributed by atoms with Gasteiger partial charge in [-0.05, 0) is 44.9 Å². The zero-order chi connectivity index (χ0) is 16.2. The van der Waals surface area contributed by atoms with Crippen LogP contribution in [0.3, 0.4) is 0 Å². The van der Waals surface area contributed by atoms with E-state index in [2.05, 4.69) is 5.32 Å². The molecule has 0 saturated heterocycles. The van der Waals surface area contributed by atoms with E-state index in [1.165, 1.54) is 0 Å². The predicted octanol–water partition coefficient (Wildman–Crippen LogP) is 2.82. The van der Waals surface area contributed by atoms with Gasteiger partial charge in [-0.25, -0.2) is 4.79 Å². The molecule has 0 fully saturated rings. The minimum absolute atomic E-state index is 0.172. The number of hydrogen-bond acceptors (Lipinski definition) is 4. The van der Waals surface area contributed by atoms with Crippen LogP contribution in [-0.2, 0) is 9.53 Å². The topological polar surface area (TPSA) is 102 Å². The highest BCUT2D eigenvalue weighted by molar-refractivity contribution is 5.86. The minimum atomic E-state index is -0.968. The van der Waals surface area contributed by atoms with Gasteiger partial charge >= 0.3 is 12.1 Å². The highest BCUT2D eigenvalue weighted by Crippen LogP contribution is 2.23. The first-order valence-electron chi connectivity index (χ1n) is 6.66. The second-order valence-electron chi connectivity index (χ2n) is 5.91. The van der Waals surface area contributed by atoms with Gasteiger partial charge in [0, 0.05) is 11.7 Å². The summed E-state index contributed by atoms with van der Waals surface area (Å²) in [6, 6.07) is 4.59. The number of benzene rings is 1. The molecule has 116 valence electrons. The lowest BCUT2D eigenvalue weighted by Crippen LogP contribution is -2.27. The quantitative estimate of drug-likeness (QED) is 0.792. The molecule has 4 N–H and O–H groups in total. The largest absolute Gasteiger partial charge is 0.481 e. The first-order chi connectivity index (χ1) is 9.58. The van der Waals surface area contributed by atoms with Crippen LogP contribution in [0.4, 0.5) is 10.5 Å². The summed E-state index contributed by atoms with van der Waals surface area (Å²) in [5, 5.41) is 11.4. The molecule has 1 atom stereocenters. The van der Waals surface area contributed by atoms with E-state index in [4.69, 9.17) is 15.6 Å². The van der Waals surface area contributed by atoms with Crippen molar-refractivity contribution < 1.29 is 19.4 Å².